The van der Waals surface area contributed by atoms with Crippen LogP contribution in [0.2, 0.25) is 0 Å². The molecule has 1 aliphatic heterocycles. The number of pyridine rings is 1. The minimum Gasteiger partial charge on any atom is -0.496 e. The highest BCUT2D eigenvalue weighted by Gasteiger charge is 2.30. The van der Waals surface area contributed by atoms with Crippen molar-refractivity contribution in [1.29, 1.82) is 0 Å². The zero-order chi connectivity index (χ0) is 21.5. The summed E-state index contributed by atoms with van der Waals surface area (Å²) in [6, 6.07) is 5.25. The van der Waals surface area contributed by atoms with Gasteiger partial charge < -0.3 is 19.5 Å². The summed E-state index contributed by atoms with van der Waals surface area (Å²) in [6.07, 6.45) is 5.04. The molecule has 2 fully saturated rings. The fourth-order valence-electron chi connectivity index (χ4n) is 4.06. The minimum absolute atomic E-state index is 0.221. The first-order valence-electron chi connectivity index (χ1n) is 10.5. The van der Waals surface area contributed by atoms with E-state index in [1.165, 1.54) is 30.4 Å². The number of aryl methyl sites for hydroxylation is 1. The molecule has 2 aliphatic rings. The Hall–Kier alpha value is -3.43. The first-order valence-corrected chi connectivity index (χ1v) is 10.5. The van der Waals surface area contributed by atoms with Gasteiger partial charge >= 0.3 is 0 Å². The van der Waals surface area contributed by atoms with Crippen molar-refractivity contribution in [1.82, 2.24) is 29.7 Å². The number of aromatic nitrogens is 5. The van der Waals surface area contributed by atoms with Gasteiger partial charge in [0.25, 0.3) is 11.5 Å². The molecular weight excluding hydrogens is 398 g/mol. The van der Waals surface area contributed by atoms with Crippen LogP contribution in [0, 0.1) is 5.92 Å². The average Bonchev–Trinajstić information content (AvgIpc) is 3.10. The summed E-state index contributed by atoms with van der Waals surface area (Å²) in [7, 11) is 3.06. The molecule has 0 radical (unpaired) electrons. The Balaban J connectivity index is 1.20. The van der Waals surface area contributed by atoms with Crippen molar-refractivity contribution in [3.8, 4) is 5.75 Å². The smallest absolute Gasteiger partial charge is 0.256 e. The molecule has 1 saturated heterocycles. The van der Waals surface area contributed by atoms with Gasteiger partial charge in [-0.05, 0) is 25.0 Å². The highest BCUT2D eigenvalue weighted by molar-refractivity contribution is 5.96. The summed E-state index contributed by atoms with van der Waals surface area (Å²) >= 11 is 0. The van der Waals surface area contributed by atoms with Crippen LogP contribution in [-0.4, -0.2) is 57.0 Å². The third kappa shape index (κ3) is 3.51. The Bertz CT molecular complexity index is 1190. The fourth-order valence-corrected chi connectivity index (χ4v) is 4.06. The van der Waals surface area contributed by atoms with E-state index in [0.29, 0.717) is 23.9 Å². The molecular formula is C21H25N7O3. The standard InChI is InChI=1S/C21H25N7O3/c1-26-12-15(16(31-2)8-19(26)29)21(30)22-9-13-10-27(11-13)18-7-6-17-23-24-20(28(17)25-18)14-4-3-5-14/h6-8,12-14H,3-5,9-11H2,1-2H3,(H,22,30). The molecule has 10 heteroatoms. The van der Waals surface area contributed by atoms with Crippen molar-refractivity contribution in [2.24, 2.45) is 13.0 Å². The number of anilines is 1. The van der Waals surface area contributed by atoms with Crippen LogP contribution in [0.1, 0.15) is 41.4 Å². The maximum Gasteiger partial charge on any atom is 0.256 e. The number of methoxy groups -OCH3 is 1. The second-order valence-electron chi connectivity index (χ2n) is 8.33. The molecule has 0 bridgehead atoms. The second kappa shape index (κ2) is 7.68. The number of fused-ring (bicyclic) bond motifs is 1. The number of nitrogens with one attached hydrogen (secondary N) is 1. The number of hydrogen-bond acceptors (Lipinski definition) is 7. The zero-order valence-electron chi connectivity index (χ0n) is 17.6. The Morgan fingerprint density at radius 1 is 1.26 bits per heavy atom. The molecule has 0 aromatic carbocycles. The quantitative estimate of drug-likeness (QED) is 0.629. The summed E-state index contributed by atoms with van der Waals surface area (Å²) in [4.78, 5) is 26.5. The van der Waals surface area contributed by atoms with Gasteiger partial charge in [0.2, 0.25) is 0 Å². The van der Waals surface area contributed by atoms with Gasteiger partial charge in [0, 0.05) is 50.8 Å². The lowest BCUT2D eigenvalue weighted by molar-refractivity contribution is 0.0940. The monoisotopic (exact) mass is 423 g/mol. The molecule has 0 spiro atoms. The van der Waals surface area contributed by atoms with Crippen molar-refractivity contribution in [2.75, 3.05) is 31.6 Å². The van der Waals surface area contributed by atoms with Gasteiger partial charge in [0.05, 0.1) is 12.7 Å². The maximum atomic E-state index is 12.6. The number of amides is 1. The van der Waals surface area contributed by atoms with E-state index >= 15 is 0 Å². The maximum absolute atomic E-state index is 12.6. The van der Waals surface area contributed by atoms with Crippen LogP contribution < -0.4 is 20.5 Å². The van der Waals surface area contributed by atoms with E-state index in [9.17, 15) is 9.59 Å². The molecule has 10 nitrogen and oxygen atoms in total. The first kappa shape index (κ1) is 19.5. The predicted octanol–water partition coefficient (Wildman–Crippen LogP) is 0.965. The molecule has 5 rings (SSSR count). The predicted molar refractivity (Wildman–Crippen MR) is 114 cm³/mol. The first-order chi connectivity index (χ1) is 15.0. The number of hydrogen-bond donors (Lipinski definition) is 1. The molecule has 31 heavy (non-hydrogen) atoms. The fraction of sp³-hybridized carbons (Fsp3) is 0.476. The van der Waals surface area contributed by atoms with Crippen molar-refractivity contribution in [3.63, 3.8) is 0 Å². The van der Waals surface area contributed by atoms with E-state index in [4.69, 9.17) is 9.84 Å². The molecule has 1 saturated carbocycles. The molecule has 3 aromatic heterocycles. The topological polar surface area (TPSA) is 107 Å². The highest BCUT2D eigenvalue weighted by atomic mass is 16.5. The Morgan fingerprint density at radius 2 is 2.06 bits per heavy atom. The number of carbonyl (C=O) groups excluding carboxylic acids is 1. The molecule has 1 amide bonds. The van der Waals surface area contributed by atoms with Crippen LogP contribution in [0.3, 0.4) is 0 Å². The summed E-state index contributed by atoms with van der Waals surface area (Å²) < 4.78 is 8.43. The summed E-state index contributed by atoms with van der Waals surface area (Å²) in [5, 5.41) is 16.3. The van der Waals surface area contributed by atoms with Crippen LogP contribution >= 0.6 is 0 Å². The molecule has 0 atom stereocenters. The lowest BCUT2D eigenvalue weighted by Crippen LogP contribution is -2.52. The van der Waals surface area contributed by atoms with Crippen molar-refractivity contribution in [2.45, 2.75) is 25.2 Å². The number of ether oxygens (including phenoxy) is 1. The largest absolute Gasteiger partial charge is 0.496 e. The molecule has 162 valence electrons. The van der Waals surface area contributed by atoms with E-state index in [2.05, 4.69) is 20.4 Å². The van der Waals surface area contributed by atoms with Gasteiger partial charge in [-0.3, -0.25) is 9.59 Å². The van der Waals surface area contributed by atoms with Crippen LogP contribution in [0.15, 0.2) is 29.2 Å². The molecule has 4 heterocycles. The van der Waals surface area contributed by atoms with Crippen LogP contribution in [-0.2, 0) is 7.05 Å². The van der Waals surface area contributed by atoms with Crippen molar-refractivity contribution < 1.29 is 9.53 Å². The Kier molecular flexibility index (Phi) is 4.84. The molecule has 3 aromatic rings. The van der Waals surface area contributed by atoms with Crippen LogP contribution in [0.5, 0.6) is 5.75 Å². The average molecular weight is 423 g/mol. The lowest BCUT2D eigenvalue weighted by atomic mass is 9.85. The minimum atomic E-state index is -0.250. The second-order valence-corrected chi connectivity index (χ2v) is 8.33. The highest BCUT2D eigenvalue weighted by Crippen LogP contribution is 2.35. The van der Waals surface area contributed by atoms with Crippen LogP contribution in [0.25, 0.3) is 5.65 Å². The zero-order valence-corrected chi connectivity index (χ0v) is 17.6. The lowest BCUT2D eigenvalue weighted by Gasteiger charge is -2.40. The molecule has 1 N–H and O–H groups in total. The van der Waals surface area contributed by atoms with Gasteiger partial charge in [-0.25, -0.2) is 0 Å². The van der Waals surface area contributed by atoms with E-state index in [-0.39, 0.29) is 17.2 Å². The van der Waals surface area contributed by atoms with E-state index in [1.54, 1.807) is 7.05 Å². The summed E-state index contributed by atoms with van der Waals surface area (Å²) in [6.45, 7) is 2.16. The van der Waals surface area contributed by atoms with Gasteiger partial charge in [0.15, 0.2) is 11.5 Å². The van der Waals surface area contributed by atoms with Crippen molar-refractivity contribution in [3.05, 3.63) is 46.1 Å². The summed E-state index contributed by atoms with van der Waals surface area (Å²) in [5.74, 6) is 2.68. The van der Waals surface area contributed by atoms with Gasteiger partial charge in [0.1, 0.15) is 11.6 Å². The number of carbonyl (C=O) groups is 1. The molecule has 1 aliphatic carbocycles. The van der Waals surface area contributed by atoms with E-state index in [1.807, 2.05) is 16.6 Å². The Morgan fingerprint density at radius 3 is 2.77 bits per heavy atom. The van der Waals surface area contributed by atoms with E-state index in [0.717, 1.165) is 43.2 Å². The summed E-state index contributed by atoms with van der Waals surface area (Å²) in [5.41, 5.74) is 0.909. The third-order valence-corrected chi connectivity index (χ3v) is 6.23. The van der Waals surface area contributed by atoms with Gasteiger partial charge in [-0.2, -0.15) is 4.52 Å². The molecule has 0 unspecified atom stereocenters. The Labute approximate surface area is 178 Å². The third-order valence-electron chi connectivity index (χ3n) is 6.23. The normalized spacial score (nSPS) is 16.8. The number of rotatable bonds is 6. The van der Waals surface area contributed by atoms with Gasteiger partial charge in [-0.15, -0.1) is 15.3 Å². The number of nitrogens with zero attached hydrogens (tertiary/aromatic N) is 6. The van der Waals surface area contributed by atoms with E-state index < -0.39 is 0 Å². The van der Waals surface area contributed by atoms with Gasteiger partial charge in [-0.1, -0.05) is 6.42 Å². The SMILES string of the molecule is COc1cc(=O)n(C)cc1C(=O)NCC1CN(c2ccc3nnc(C4CCC4)n3n2)C1. The van der Waals surface area contributed by atoms with Crippen LogP contribution in [0.4, 0.5) is 5.82 Å². The van der Waals surface area contributed by atoms with Crippen molar-refractivity contribution >= 4 is 17.4 Å².